The molecule has 0 aromatic heterocycles. The second kappa shape index (κ2) is 13.6. The van der Waals surface area contributed by atoms with Crippen molar-refractivity contribution in [2.75, 3.05) is 6.61 Å². The number of rotatable bonds is 15. The fourth-order valence-electron chi connectivity index (χ4n) is 2.62. The molecule has 0 aliphatic heterocycles. The van der Waals surface area contributed by atoms with E-state index in [2.05, 4.69) is 13.5 Å². The molecule has 120 valence electrons. The topological polar surface area (TPSA) is 40.5 Å². The second-order valence-electron chi connectivity index (χ2n) is 6.14. The first-order valence-corrected chi connectivity index (χ1v) is 8.62. The number of unbranched alkanes of at least 4 members (excludes halogenated alkanes) is 9. The zero-order valence-electron chi connectivity index (χ0n) is 13.6. The van der Waals surface area contributed by atoms with E-state index in [1.165, 1.54) is 51.4 Å². The van der Waals surface area contributed by atoms with E-state index in [9.17, 15) is 10.2 Å². The molecule has 20 heavy (non-hydrogen) atoms. The summed E-state index contributed by atoms with van der Waals surface area (Å²) in [6, 6.07) is 0. The third kappa shape index (κ3) is 11.5. The van der Waals surface area contributed by atoms with Gasteiger partial charge in [-0.3, -0.25) is 0 Å². The van der Waals surface area contributed by atoms with Crippen molar-refractivity contribution in [3.05, 3.63) is 12.7 Å². The Hall–Kier alpha value is -0.340. The molecule has 0 unspecified atom stereocenters. The smallest absolute Gasteiger partial charge is 0.0877 e. The van der Waals surface area contributed by atoms with E-state index in [-0.39, 0.29) is 6.61 Å². The highest BCUT2D eigenvalue weighted by Gasteiger charge is 2.24. The standard InChI is InChI=1S/C18H36O2/c1-3-5-7-8-9-10-11-12-14-16-18(20,17-19)15-13-6-4-2/h4,19-20H,2-3,5-17H2,1H3/t18-/m0/s1. The molecule has 0 aliphatic carbocycles. The molecule has 0 radical (unpaired) electrons. The first-order valence-electron chi connectivity index (χ1n) is 8.62. The van der Waals surface area contributed by atoms with Gasteiger partial charge < -0.3 is 10.2 Å². The number of aliphatic hydroxyl groups excluding tert-OH is 1. The van der Waals surface area contributed by atoms with Gasteiger partial charge in [-0.15, -0.1) is 6.58 Å². The van der Waals surface area contributed by atoms with E-state index in [0.717, 1.165) is 25.7 Å². The Bertz CT molecular complexity index is 215. The average Bonchev–Trinajstić information content (AvgIpc) is 2.46. The minimum atomic E-state index is -0.857. The number of hydrogen-bond donors (Lipinski definition) is 2. The van der Waals surface area contributed by atoms with Gasteiger partial charge in [0.05, 0.1) is 12.2 Å². The highest BCUT2D eigenvalue weighted by molar-refractivity contribution is 4.79. The van der Waals surface area contributed by atoms with Crippen LogP contribution in [0, 0.1) is 0 Å². The largest absolute Gasteiger partial charge is 0.393 e. The van der Waals surface area contributed by atoms with Crippen LogP contribution in [0.5, 0.6) is 0 Å². The summed E-state index contributed by atoms with van der Waals surface area (Å²) in [5.41, 5.74) is -0.857. The summed E-state index contributed by atoms with van der Waals surface area (Å²) >= 11 is 0. The van der Waals surface area contributed by atoms with E-state index in [4.69, 9.17) is 0 Å². The van der Waals surface area contributed by atoms with Gasteiger partial charge in [-0.05, 0) is 25.7 Å². The minimum Gasteiger partial charge on any atom is -0.393 e. The summed E-state index contributed by atoms with van der Waals surface area (Å²) in [6.07, 6.45) is 16.7. The van der Waals surface area contributed by atoms with Crippen molar-refractivity contribution in [3.8, 4) is 0 Å². The van der Waals surface area contributed by atoms with Crippen molar-refractivity contribution in [1.82, 2.24) is 0 Å². The highest BCUT2D eigenvalue weighted by atomic mass is 16.3. The van der Waals surface area contributed by atoms with Gasteiger partial charge in [0.2, 0.25) is 0 Å². The van der Waals surface area contributed by atoms with Crippen LogP contribution in [0.3, 0.4) is 0 Å². The Labute approximate surface area is 126 Å². The lowest BCUT2D eigenvalue weighted by Gasteiger charge is -2.25. The van der Waals surface area contributed by atoms with Gasteiger partial charge in [0.15, 0.2) is 0 Å². The maximum atomic E-state index is 10.3. The first kappa shape index (κ1) is 19.7. The second-order valence-corrected chi connectivity index (χ2v) is 6.14. The third-order valence-corrected chi connectivity index (χ3v) is 4.09. The molecule has 0 saturated carbocycles. The van der Waals surface area contributed by atoms with Crippen molar-refractivity contribution < 1.29 is 10.2 Å². The third-order valence-electron chi connectivity index (χ3n) is 4.09. The molecule has 0 fully saturated rings. The van der Waals surface area contributed by atoms with Crippen molar-refractivity contribution in [1.29, 1.82) is 0 Å². The molecule has 2 nitrogen and oxygen atoms in total. The zero-order chi connectivity index (χ0) is 15.1. The molecule has 0 aliphatic rings. The van der Waals surface area contributed by atoms with Crippen molar-refractivity contribution in [2.24, 2.45) is 0 Å². The van der Waals surface area contributed by atoms with Crippen LogP contribution in [-0.4, -0.2) is 22.4 Å². The Morgan fingerprint density at radius 3 is 1.85 bits per heavy atom. The van der Waals surface area contributed by atoms with Crippen LogP contribution in [0.25, 0.3) is 0 Å². The lowest BCUT2D eigenvalue weighted by molar-refractivity contribution is -0.0308. The normalized spacial score (nSPS) is 14.2. The first-order chi connectivity index (χ1) is 9.68. The van der Waals surface area contributed by atoms with Crippen LogP contribution in [0.15, 0.2) is 12.7 Å². The molecule has 0 rings (SSSR count). The summed E-state index contributed by atoms with van der Waals surface area (Å²) in [6.45, 7) is 5.82. The number of aliphatic hydroxyl groups is 2. The van der Waals surface area contributed by atoms with E-state index >= 15 is 0 Å². The summed E-state index contributed by atoms with van der Waals surface area (Å²) in [5.74, 6) is 0. The monoisotopic (exact) mass is 284 g/mol. The molecule has 0 aromatic carbocycles. The molecule has 2 N–H and O–H groups in total. The Morgan fingerprint density at radius 2 is 1.35 bits per heavy atom. The molecular weight excluding hydrogens is 248 g/mol. The molecule has 0 amide bonds. The maximum Gasteiger partial charge on any atom is 0.0877 e. The lowest BCUT2D eigenvalue weighted by atomic mass is 9.91. The van der Waals surface area contributed by atoms with Crippen molar-refractivity contribution in [3.63, 3.8) is 0 Å². The van der Waals surface area contributed by atoms with Crippen molar-refractivity contribution >= 4 is 0 Å². The molecule has 0 saturated heterocycles. The van der Waals surface area contributed by atoms with Gasteiger partial charge in [0, 0.05) is 0 Å². The molecule has 0 heterocycles. The Balaban J connectivity index is 3.47. The van der Waals surface area contributed by atoms with E-state index in [0.29, 0.717) is 6.42 Å². The maximum absolute atomic E-state index is 10.3. The SMILES string of the molecule is C=CCCC[C@@](O)(CO)CCCCCCCCCCC. The Kier molecular flexibility index (Phi) is 13.4. The average molecular weight is 284 g/mol. The number of hydrogen-bond acceptors (Lipinski definition) is 2. The summed E-state index contributed by atoms with van der Waals surface area (Å²) < 4.78 is 0. The zero-order valence-corrected chi connectivity index (χ0v) is 13.6. The van der Waals surface area contributed by atoms with Crippen LogP contribution < -0.4 is 0 Å². The van der Waals surface area contributed by atoms with Gasteiger partial charge >= 0.3 is 0 Å². The van der Waals surface area contributed by atoms with Gasteiger partial charge in [-0.2, -0.15) is 0 Å². The minimum absolute atomic E-state index is 0.110. The predicted octanol–water partition coefficient (Wildman–Crippen LogP) is 4.99. The summed E-state index contributed by atoms with van der Waals surface area (Å²) in [7, 11) is 0. The van der Waals surface area contributed by atoms with Gasteiger partial charge in [0.25, 0.3) is 0 Å². The van der Waals surface area contributed by atoms with Gasteiger partial charge in [-0.1, -0.05) is 70.8 Å². The van der Waals surface area contributed by atoms with E-state index in [1.54, 1.807) is 0 Å². The van der Waals surface area contributed by atoms with Crippen LogP contribution in [0.4, 0.5) is 0 Å². The molecule has 0 aromatic rings. The fraction of sp³-hybridized carbons (Fsp3) is 0.889. The molecule has 1 atom stereocenters. The van der Waals surface area contributed by atoms with Gasteiger partial charge in [-0.25, -0.2) is 0 Å². The van der Waals surface area contributed by atoms with Crippen LogP contribution >= 0.6 is 0 Å². The Morgan fingerprint density at radius 1 is 0.850 bits per heavy atom. The quantitative estimate of drug-likeness (QED) is 0.328. The summed E-state index contributed by atoms with van der Waals surface area (Å²) in [5, 5.41) is 19.6. The predicted molar refractivity (Wildman–Crippen MR) is 87.9 cm³/mol. The van der Waals surface area contributed by atoms with Crippen LogP contribution in [0.2, 0.25) is 0 Å². The fourth-order valence-corrected chi connectivity index (χ4v) is 2.62. The van der Waals surface area contributed by atoms with Crippen LogP contribution in [-0.2, 0) is 0 Å². The number of allylic oxidation sites excluding steroid dienone is 1. The molecule has 0 spiro atoms. The summed E-state index contributed by atoms with van der Waals surface area (Å²) in [4.78, 5) is 0. The van der Waals surface area contributed by atoms with E-state index < -0.39 is 5.60 Å². The molecular formula is C18H36O2. The van der Waals surface area contributed by atoms with Gasteiger partial charge in [0.1, 0.15) is 0 Å². The highest BCUT2D eigenvalue weighted by Crippen LogP contribution is 2.22. The molecule has 2 heteroatoms. The van der Waals surface area contributed by atoms with E-state index in [1.807, 2.05) is 6.08 Å². The lowest BCUT2D eigenvalue weighted by Crippen LogP contribution is -2.33. The van der Waals surface area contributed by atoms with Crippen molar-refractivity contribution in [2.45, 2.75) is 96.0 Å². The molecule has 0 bridgehead atoms. The van der Waals surface area contributed by atoms with Crippen LogP contribution in [0.1, 0.15) is 90.4 Å².